The predicted octanol–water partition coefficient (Wildman–Crippen LogP) is 4.68. The van der Waals surface area contributed by atoms with Gasteiger partial charge >= 0.3 is 0 Å². The highest BCUT2D eigenvalue weighted by molar-refractivity contribution is 7.89. The molecule has 4 rings (SSSR count). The summed E-state index contributed by atoms with van der Waals surface area (Å²) in [5.74, 6) is -0.362. The van der Waals surface area contributed by atoms with Crippen LogP contribution in [0.1, 0.15) is 48.1 Å². The summed E-state index contributed by atoms with van der Waals surface area (Å²) in [6.07, 6.45) is 4.07. The minimum atomic E-state index is -3.57. The fourth-order valence-corrected chi connectivity index (χ4v) is 6.37. The second-order valence-electron chi connectivity index (χ2n) is 7.78. The van der Waals surface area contributed by atoms with E-state index in [1.54, 1.807) is 6.07 Å². The lowest BCUT2D eigenvalue weighted by Crippen LogP contribution is -2.44. The summed E-state index contributed by atoms with van der Waals surface area (Å²) in [5.41, 5.74) is 3.12. The Bertz CT molecular complexity index is 1000. The van der Waals surface area contributed by atoms with Crippen molar-refractivity contribution in [3.8, 4) is 0 Å². The van der Waals surface area contributed by atoms with Gasteiger partial charge in [-0.3, -0.25) is 0 Å². The smallest absolute Gasteiger partial charge is 0.221 e. The largest absolute Gasteiger partial charge is 0.377 e. The molecule has 0 amide bonds. The van der Waals surface area contributed by atoms with Gasteiger partial charge in [0, 0.05) is 18.2 Å². The molecule has 4 nitrogen and oxygen atoms in total. The third-order valence-corrected chi connectivity index (χ3v) is 8.28. The van der Waals surface area contributed by atoms with Gasteiger partial charge in [-0.2, -0.15) is 4.31 Å². The summed E-state index contributed by atoms with van der Waals surface area (Å²) in [7, 11) is -3.57. The first-order valence-corrected chi connectivity index (χ1v) is 11.6. The van der Waals surface area contributed by atoms with Crippen LogP contribution in [-0.2, 0) is 21.3 Å². The number of rotatable bonds is 4. The van der Waals surface area contributed by atoms with Crippen molar-refractivity contribution in [2.45, 2.75) is 44.0 Å². The molecule has 1 saturated heterocycles. The van der Waals surface area contributed by atoms with E-state index in [4.69, 9.17) is 4.74 Å². The summed E-state index contributed by atoms with van der Waals surface area (Å²) >= 11 is 0. The highest BCUT2D eigenvalue weighted by atomic mass is 32.2. The van der Waals surface area contributed by atoms with Crippen LogP contribution >= 0.6 is 0 Å². The van der Waals surface area contributed by atoms with Crippen LogP contribution in [0.15, 0.2) is 54.6 Å². The normalized spacial score (nSPS) is 24.8. The Kier molecular flexibility index (Phi) is 5.86. The van der Waals surface area contributed by atoms with Crippen LogP contribution in [0.5, 0.6) is 0 Å². The van der Waals surface area contributed by atoms with Gasteiger partial charge in [0.1, 0.15) is 11.1 Å². The lowest BCUT2D eigenvalue weighted by atomic mass is 9.99. The molecule has 2 aromatic carbocycles. The molecule has 2 aliphatic heterocycles. The van der Waals surface area contributed by atoms with Gasteiger partial charge < -0.3 is 4.74 Å². The monoisotopic (exact) mass is 415 g/mol. The second-order valence-corrected chi connectivity index (χ2v) is 9.84. The lowest BCUT2D eigenvalue weighted by Gasteiger charge is -2.37. The number of ether oxygens (including phenoxy) is 1. The maximum Gasteiger partial charge on any atom is 0.221 e. The molecule has 2 atom stereocenters. The molecule has 1 fully saturated rings. The van der Waals surface area contributed by atoms with Crippen molar-refractivity contribution in [1.82, 2.24) is 4.31 Å². The van der Waals surface area contributed by atoms with Crippen LogP contribution in [-0.4, -0.2) is 32.0 Å². The molecular formula is C23H26FNO3S. The van der Waals surface area contributed by atoms with Gasteiger partial charge in [0.05, 0.1) is 13.2 Å². The number of hydrogen-bond acceptors (Lipinski definition) is 3. The van der Waals surface area contributed by atoms with E-state index in [0.29, 0.717) is 25.2 Å². The van der Waals surface area contributed by atoms with Gasteiger partial charge in [-0.25, -0.2) is 12.8 Å². The summed E-state index contributed by atoms with van der Waals surface area (Å²) in [5, 5.41) is -0.574. The molecular weight excluding hydrogens is 389 g/mol. The highest BCUT2D eigenvalue weighted by Crippen LogP contribution is 2.38. The molecule has 2 aliphatic rings. The summed E-state index contributed by atoms with van der Waals surface area (Å²) < 4.78 is 48.3. The molecule has 2 unspecified atom stereocenters. The first-order chi connectivity index (χ1) is 14.0. The molecule has 6 heteroatoms. The van der Waals surface area contributed by atoms with Crippen LogP contribution in [0.25, 0.3) is 5.57 Å². The zero-order chi connectivity index (χ0) is 20.4. The van der Waals surface area contributed by atoms with Gasteiger partial charge in [0.2, 0.25) is 10.0 Å². The van der Waals surface area contributed by atoms with E-state index >= 15 is 0 Å². The van der Waals surface area contributed by atoms with Gasteiger partial charge in [-0.15, -0.1) is 0 Å². The van der Waals surface area contributed by atoms with Crippen LogP contribution < -0.4 is 0 Å². The molecule has 0 aliphatic carbocycles. The number of benzene rings is 2. The van der Waals surface area contributed by atoms with Gasteiger partial charge in [0.15, 0.2) is 0 Å². The molecule has 0 bridgehead atoms. The highest BCUT2D eigenvalue weighted by Gasteiger charge is 2.40. The average molecular weight is 416 g/mol. The Morgan fingerprint density at radius 1 is 1.14 bits per heavy atom. The second kappa shape index (κ2) is 8.38. The van der Waals surface area contributed by atoms with Crippen LogP contribution in [0.4, 0.5) is 4.39 Å². The van der Waals surface area contributed by atoms with Crippen molar-refractivity contribution in [1.29, 1.82) is 0 Å². The first-order valence-electron chi connectivity index (χ1n) is 10.1. The molecule has 0 N–H and O–H groups in total. The number of hydrogen-bond donors (Lipinski definition) is 0. The molecule has 0 aromatic heterocycles. The van der Waals surface area contributed by atoms with Gasteiger partial charge in [0.25, 0.3) is 0 Å². The molecule has 0 radical (unpaired) electrons. The van der Waals surface area contributed by atoms with Crippen LogP contribution in [0.3, 0.4) is 0 Å². The van der Waals surface area contributed by atoms with Gasteiger partial charge in [-0.1, -0.05) is 48.5 Å². The fraction of sp³-hybridized carbons (Fsp3) is 0.391. The van der Waals surface area contributed by atoms with Crippen molar-refractivity contribution in [3.63, 3.8) is 0 Å². The Morgan fingerprint density at radius 2 is 1.93 bits per heavy atom. The third-order valence-electron chi connectivity index (χ3n) is 5.91. The maximum absolute atomic E-state index is 14.9. The molecule has 2 aromatic rings. The van der Waals surface area contributed by atoms with Crippen molar-refractivity contribution < 1.29 is 17.5 Å². The van der Waals surface area contributed by atoms with E-state index < -0.39 is 15.3 Å². The van der Waals surface area contributed by atoms with Gasteiger partial charge in [-0.05, 0) is 49.0 Å². The summed E-state index contributed by atoms with van der Waals surface area (Å²) in [6, 6.07) is 14.3. The molecule has 0 saturated carbocycles. The number of halogens is 1. The standard InChI is InChI=1S/C23H26FNO3S/c1-17-7-10-23(19-5-3-2-4-6-19)29(26,27)25(17)16-21-9-8-20(15-22(21)24)18-11-13-28-14-12-18/h2-6,8-9,11,15,17,23H,7,10,12-14,16H2,1H3. The molecule has 154 valence electrons. The molecule has 2 heterocycles. The Balaban J connectivity index is 1.59. The minimum absolute atomic E-state index is 0.0567. The first kappa shape index (κ1) is 20.3. The fourth-order valence-electron chi connectivity index (χ4n) is 4.18. The minimum Gasteiger partial charge on any atom is -0.377 e. The predicted molar refractivity (Wildman–Crippen MR) is 112 cm³/mol. The average Bonchev–Trinajstić information content (AvgIpc) is 2.73. The zero-order valence-corrected chi connectivity index (χ0v) is 17.4. The Morgan fingerprint density at radius 3 is 2.62 bits per heavy atom. The van der Waals surface area contributed by atoms with E-state index in [0.717, 1.165) is 29.5 Å². The maximum atomic E-state index is 14.9. The Hall–Kier alpha value is -2.02. The summed E-state index contributed by atoms with van der Waals surface area (Å²) in [6.45, 7) is 3.14. The van der Waals surface area contributed by atoms with Crippen molar-refractivity contribution >= 4 is 15.6 Å². The zero-order valence-electron chi connectivity index (χ0n) is 16.6. The topological polar surface area (TPSA) is 46.6 Å². The number of sulfonamides is 1. The van der Waals surface area contributed by atoms with E-state index in [1.165, 1.54) is 10.4 Å². The third kappa shape index (κ3) is 4.15. The molecule has 0 spiro atoms. The molecule has 29 heavy (non-hydrogen) atoms. The summed E-state index contributed by atoms with van der Waals surface area (Å²) in [4.78, 5) is 0. The van der Waals surface area contributed by atoms with Crippen molar-refractivity contribution in [2.75, 3.05) is 13.2 Å². The van der Waals surface area contributed by atoms with E-state index in [9.17, 15) is 12.8 Å². The van der Waals surface area contributed by atoms with Crippen molar-refractivity contribution in [3.05, 3.63) is 77.1 Å². The number of nitrogens with zero attached hydrogens (tertiary/aromatic N) is 1. The SMILES string of the molecule is CC1CCC(c2ccccc2)S(=O)(=O)N1Cc1ccc(C2=CCOCC2)cc1F. The van der Waals surface area contributed by atoms with E-state index in [2.05, 4.69) is 0 Å². The van der Waals surface area contributed by atoms with E-state index in [1.807, 2.05) is 49.4 Å². The Labute approximate surface area is 172 Å². The van der Waals surface area contributed by atoms with E-state index in [-0.39, 0.29) is 18.4 Å². The quantitative estimate of drug-likeness (QED) is 0.728. The van der Waals surface area contributed by atoms with Crippen molar-refractivity contribution in [2.24, 2.45) is 0 Å². The van der Waals surface area contributed by atoms with Crippen LogP contribution in [0.2, 0.25) is 0 Å². The van der Waals surface area contributed by atoms with Crippen LogP contribution in [0, 0.1) is 5.82 Å². The lowest BCUT2D eigenvalue weighted by molar-refractivity contribution is 0.161.